The lowest BCUT2D eigenvalue weighted by molar-refractivity contribution is 0.111. The van der Waals surface area contributed by atoms with Crippen molar-refractivity contribution in [2.75, 3.05) is 6.61 Å². The first-order valence-corrected chi connectivity index (χ1v) is 8.86. The Labute approximate surface area is 131 Å². The van der Waals surface area contributed by atoms with Gasteiger partial charge < -0.3 is 10.1 Å². The van der Waals surface area contributed by atoms with E-state index in [0.29, 0.717) is 5.92 Å². The molecule has 114 valence electrons. The third-order valence-corrected chi connectivity index (χ3v) is 5.21. The Balaban J connectivity index is 1.71. The summed E-state index contributed by atoms with van der Waals surface area (Å²) in [6.45, 7) is 7.09. The van der Waals surface area contributed by atoms with Gasteiger partial charge in [-0.2, -0.15) is 0 Å². The molecule has 1 fully saturated rings. The Bertz CT molecular complexity index is 586. The average molecular weight is 303 g/mol. The molecule has 1 aromatic carbocycles. The van der Waals surface area contributed by atoms with Gasteiger partial charge in [0.2, 0.25) is 0 Å². The van der Waals surface area contributed by atoms with Gasteiger partial charge in [-0.05, 0) is 36.6 Å². The first kappa shape index (κ1) is 15.0. The minimum Gasteiger partial charge on any atom is -0.377 e. The largest absolute Gasteiger partial charge is 0.377 e. The summed E-state index contributed by atoms with van der Waals surface area (Å²) < 4.78 is 7.32. The van der Waals surface area contributed by atoms with Crippen LogP contribution in [0.3, 0.4) is 0 Å². The first-order chi connectivity index (χ1) is 10.2. The summed E-state index contributed by atoms with van der Waals surface area (Å²) in [5.74, 6) is 0.709. The van der Waals surface area contributed by atoms with Crippen molar-refractivity contribution in [1.29, 1.82) is 0 Å². The molecule has 3 rings (SSSR count). The van der Waals surface area contributed by atoms with E-state index in [0.717, 1.165) is 32.2 Å². The van der Waals surface area contributed by atoms with Gasteiger partial charge in [0.05, 0.1) is 6.61 Å². The summed E-state index contributed by atoms with van der Waals surface area (Å²) in [4.78, 5) is 1.45. The first-order valence-electron chi connectivity index (χ1n) is 8.04. The summed E-state index contributed by atoms with van der Waals surface area (Å²) in [6.07, 6.45) is 3.81. The van der Waals surface area contributed by atoms with Gasteiger partial charge in [-0.15, -0.1) is 11.3 Å². The SMILES string of the molecule is CC(C)CCOCc1c(CNC2CC2)sc2ccccc12. The van der Waals surface area contributed by atoms with Crippen molar-refractivity contribution in [2.45, 2.75) is 52.3 Å². The molecule has 1 aromatic heterocycles. The van der Waals surface area contributed by atoms with Crippen molar-refractivity contribution in [2.24, 2.45) is 5.92 Å². The molecule has 0 spiro atoms. The Morgan fingerprint density at radius 1 is 1.29 bits per heavy atom. The van der Waals surface area contributed by atoms with Crippen molar-refractivity contribution >= 4 is 21.4 Å². The molecule has 0 radical (unpaired) electrons. The fourth-order valence-corrected chi connectivity index (χ4v) is 3.63. The maximum atomic E-state index is 5.94. The maximum absolute atomic E-state index is 5.94. The molecule has 21 heavy (non-hydrogen) atoms. The standard InChI is InChI=1S/C18H25NOS/c1-13(2)9-10-20-12-16-15-5-3-4-6-17(15)21-18(16)11-19-14-7-8-14/h3-6,13-14,19H,7-12H2,1-2H3. The van der Waals surface area contributed by atoms with Crippen LogP contribution < -0.4 is 5.32 Å². The zero-order valence-electron chi connectivity index (χ0n) is 13.0. The quantitative estimate of drug-likeness (QED) is 0.713. The van der Waals surface area contributed by atoms with Crippen LogP contribution in [0.2, 0.25) is 0 Å². The van der Waals surface area contributed by atoms with Crippen molar-refractivity contribution in [1.82, 2.24) is 5.32 Å². The number of benzene rings is 1. The van der Waals surface area contributed by atoms with Crippen molar-refractivity contribution in [3.05, 3.63) is 34.7 Å². The Kier molecular flexibility index (Phi) is 4.94. The molecule has 1 N–H and O–H groups in total. The molecule has 1 saturated carbocycles. The Morgan fingerprint density at radius 2 is 2.10 bits per heavy atom. The number of fused-ring (bicyclic) bond motifs is 1. The zero-order valence-corrected chi connectivity index (χ0v) is 13.8. The molecule has 1 aliphatic rings. The van der Waals surface area contributed by atoms with E-state index in [2.05, 4.69) is 43.4 Å². The molecule has 0 unspecified atom stereocenters. The van der Waals surface area contributed by atoms with Gasteiger partial charge in [-0.25, -0.2) is 0 Å². The fourth-order valence-electron chi connectivity index (χ4n) is 2.47. The summed E-state index contributed by atoms with van der Waals surface area (Å²) in [5.41, 5.74) is 1.40. The van der Waals surface area contributed by atoms with Gasteiger partial charge >= 0.3 is 0 Å². The van der Waals surface area contributed by atoms with Gasteiger partial charge in [0.25, 0.3) is 0 Å². The van der Waals surface area contributed by atoms with Gasteiger partial charge in [0, 0.05) is 34.3 Å². The molecule has 2 nitrogen and oxygen atoms in total. The highest BCUT2D eigenvalue weighted by Crippen LogP contribution is 2.32. The maximum Gasteiger partial charge on any atom is 0.0734 e. The predicted octanol–water partition coefficient (Wildman–Crippen LogP) is 4.72. The van der Waals surface area contributed by atoms with E-state index in [1.165, 1.54) is 33.4 Å². The molecular weight excluding hydrogens is 278 g/mol. The minimum atomic E-state index is 0.709. The molecule has 2 aromatic rings. The predicted molar refractivity (Wildman–Crippen MR) is 90.8 cm³/mol. The Hall–Kier alpha value is -0.900. The highest BCUT2D eigenvalue weighted by Gasteiger charge is 2.21. The molecular formula is C18H25NOS. The van der Waals surface area contributed by atoms with Crippen LogP contribution >= 0.6 is 11.3 Å². The van der Waals surface area contributed by atoms with Crippen LogP contribution in [-0.2, 0) is 17.9 Å². The van der Waals surface area contributed by atoms with Crippen LogP contribution in [0.4, 0.5) is 0 Å². The van der Waals surface area contributed by atoms with Crippen LogP contribution in [0, 0.1) is 5.92 Å². The van der Waals surface area contributed by atoms with Gasteiger partial charge in [0.1, 0.15) is 0 Å². The van der Waals surface area contributed by atoms with Crippen LogP contribution in [0.5, 0.6) is 0 Å². The topological polar surface area (TPSA) is 21.3 Å². The van der Waals surface area contributed by atoms with Gasteiger partial charge in [-0.3, -0.25) is 0 Å². The van der Waals surface area contributed by atoms with Crippen molar-refractivity contribution in [3.63, 3.8) is 0 Å². The summed E-state index contributed by atoms with van der Waals surface area (Å²) in [6, 6.07) is 9.46. The van der Waals surface area contributed by atoms with E-state index in [4.69, 9.17) is 4.74 Å². The summed E-state index contributed by atoms with van der Waals surface area (Å²) in [7, 11) is 0. The van der Waals surface area contributed by atoms with E-state index in [-0.39, 0.29) is 0 Å². The van der Waals surface area contributed by atoms with Gasteiger partial charge in [-0.1, -0.05) is 32.0 Å². The highest BCUT2D eigenvalue weighted by atomic mass is 32.1. The van der Waals surface area contributed by atoms with E-state index in [1.54, 1.807) is 0 Å². The second-order valence-corrected chi connectivity index (χ2v) is 7.53. The van der Waals surface area contributed by atoms with Crippen LogP contribution in [-0.4, -0.2) is 12.6 Å². The molecule has 1 aliphatic carbocycles. The molecule has 0 amide bonds. The number of rotatable bonds is 8. The second-order valence-electron chi connectivity index (χ2n) is 6.39. The van der Waals surface area contributed by atoms with E-state index >= 15 is 0 Å². The minimum absolute atomic E-state index is 0.709. The monoisotopic (exact) mass is 303 g/mol. The van der Waals surface area contributed by atoms with Crippen LogP contribution in [0.25, 0.3) is 10.1 Å². The van der Waals surface area contributed by atoms with E-state index < -0.39 is 0 Å². The molecule has 0 saturated heterocycles. The number of thiophene rings is 1. The Morgan fingerprint density at radius 3 is 2.86 bits per heavy atom. The number of ether oxygens (including phenoxy) is 1. The fraction of sp³-hybridized carbons (Fsp3) is 0.556. The zero-order chi connectivity index (χ0) is 14.7. The summed E-state index contributed by atoms with van der Waals surface area (Å²) in [5, 5.41) is 5.01. The van der Waals surface area contributed by atoms with Crippen molar-refractivity contribution < 1.29 is 4.74 Å². The average Bonchev–Trinajstić information content (AvgIpc) is 3.23. The molecule has 3 heteroatoms. The number of hydrogen-bond donors (Lipinski definition) is 1. The van der Waals surface area contributed by atoms with Gasteiger partial charge in [0.15, 0.2) is 0 Å². The normalized spacial score (nSPS) is 15.2. The number of nitrogens with one attached hydrogen (secondary N) is 1. The lowest BCUT2D eigenvalue weighted by Gasteiger charge is -2.09. The van der Waals surface area contributed by atoms with Crippen molar-refractivity contribution in [3.8, 4) is 0 Å². The van der Waals surface area contributed by atoms with Crippen LogP contribution in [0.15, 0.2) is 24.3 Å². The highest BCUT2D eigenvalue weighted by molar-refractivity contribution is 7.19. The smallest absolute Gasteiger partial charge is 0.0734 e. The molecule has 0 aliphatic heterocycles. The third-order valence-electron chi connectivity index (χ3n) is 4.00. The second kappa shape index (κ2) is 6.91. The summed E-state index contributed by atoms with van der Waals surface area (Å²) >= 11 is 1.92. The third kappa shape index (κ3) is 4.06. The molecule has 0 atom stereocenters. The lowest BCUT2D eigenvalue weighted by atomic mass is 10.1. The molecule has 1 heterocycles. The van der Waals surface area contributed by atoms with E-state index in [9.17, 15) is 0 Å². The molecule has 0 bridgehead atoms. The number of hydrogen-bond acceptors (Lipinski definition) is 3. The lowest BCUT2D eigenvalue weighted by Crippen LogP contribution is -2.15. The van der Waals surface area contributed by atoms with E-state index in [1.807, 2.05) is 11.3 Å². The van der Waals surface area contributed by atoms with Crippen LogP contribution in [0.1, 0.15) is 43.6 Å².